The normalized spacial score (nSPS) is 28.3. The molecule has 8 nitrogen and oxygen atoms in total. The lowest BCUT2D eigenvalue weighted by Gasteiger charge is -2.39. The summed E-state index contributed by atoms with van der Waals surface area (Å²) in [5.74, 6) is -2.46. The Morgan fingerprint density at radius 2 is 2.00 bits per heavy atom. The van der Waals surface area contributed by atoms with Gasteiger partial charge >= 0.3 is 5.97 Å². The summed E-state index contributed by atoms with van der Waals surface area (Å²) in [4.78, 5) is 45.0. The van der Waals surface area contributed by atoms with Crippen molar-refractivity contribution in [1.29, 1.82) is 0 Å². The Morgan fingerprint density at radius 3 is 2.63 bits per heavy atom. The number of carbonyl (C=O) groups excluding carboxylic acids is 3. The smallest absolute Gasteiger partial charge is 0.312 e. The van der Waals surface area contributed by atoms with E-state index in [1.54, 1.807) is 22.0 Å². The Balaban J connectivity index is 1.73. The Kier molecular flexibility index (Phi) is 8.73. The topological polar surface area (TPSA) is 96.4 Å². The monoisotopic (exact) mass is 524 g/mol. The minimum Gasteiger partial charge on any atom is -0.465 e. The van der Waals surface area contributed by atoms with Gasteiger partial charge in [0.05, 0.1) is 37.2 Å². The van der Waals surface area contributed by atoms with Gasteiger partial charge in [-0.1, -0.05) is 56.3 Å². The quantitative estimate of drug-likeness (QED) is 0.242. The van der Waals surface area contributed by atoms with E-state index in [4.69, 9.17) is 9.47 Å². The van der Waals surface area contributed by atoms with E-state index in [-0.39, 0.29) is 37.5 Å². The third-order valence-corrected chi connectivity index (χ3v) is 8.04. The molecule has 38 heavy (non-hydrogen) atoms. The van der Waals surface area contributed by atoms with Gasteiger partial charge < -0.3 is 24.4 Å². The summed E-state index contributed by atoms with van der Waals surface area (Å²) in [6.07, 6.45) is 4.95. The van der Waals surface area contributed by atoms with Crippen molar-refractivity contribution in [2.45, 2.75) is 69.9 Å². The first-order valence-corrected chi connectivity index (χ1v) is 13.6. The zero-order valence-electron chi connectivity index (χ0n) is 22.5. The molecule has 3 heterocycles. The van der Waals surface area contributed by atoms with Crippen LogP contribution in [0.5, 0.6) is 0 Å². The van der Waals surface area contributed by atoms with Gasteiger partial charge in [-0.05, 0) is 37.2 Å². The van der Waals surface area contributed by atoms with E-state index in [2.05, 4.69) is 13.2 Å². The van der Waals surface area contributed by atoms with Gasteiger partial charge in [0, 0.05) is 13.1 Å². The Hall–Kier alpha value is -2.97. The van der Waals surface area contributed by atoms with Crippen LogP contribution in [0.15, 0.2) is 55.6 Å². The molecule has 3 saturated heterocycles. The van der Waals surface area contributed by atoms with Crippen molar-refractivity contribution in [2.75, 3.05) is 19.8 Å². The molecular weight excluding hydrogens is 484 g/mol. The first-order valence-electron chi connectivity index (χ1n) is 13.6. The number of rotatable bonds is 13. The summed E-state index contributed by atoms with van der Waals surface area (Å²) in [6.45, 7) is 12.1. The lowest BCUT2D eigenvalue weighted by atomic mass is 9.70. The van der Waals surface area contributed by atoms with Crippen LogP contribution in [0.3, 0.4) is 0 Å². The molecule has 0 radical (unpaired) electrons. The third-order valence-electron chi connectivity index (χ3n) is 8.04. The molecule has 1 aromatic rings. The molecule has 0 saturated carbocycles. The minimum atomic E-state index is -1.14. The van der Waals surface area contributed by atoms with Crippen molar-refractivity contribution >= 4 is 17.8 Å². The van der Waals surface area contributed by atoms with Gasteiger partial charge in [-0.3, -0.25) is 14.4 Å². The maximum Gasteiger partial charge on any atom is 0.312 e. The van der Waals surface area contributed by atoms with Crippen LogP contribution < -0.4 is 0 Å². The Bertz CT molecular complexity index is 1040. The summed E-state index contributed by atoms with van der Waals surface area (Å²) in [6, 6.07) is 8.13. The fourth-order valence-corrected chi connectivity index (χ4v) is 6.56. The highest BCUT2D eigenvalue weighted by Gasteiger charge is 2.75. The number of nitrogens with zero attached hydrogens (tertiary/aromatic N) is 2. The predicted octanol–water partition coefficient (Wildman–Crippen LogP) is 3.10. The van der Waals surface area contributed by atoms with Gasteiger partial charge in [-0.2, -0.15) is 0 Å². The molecule has 1 spiro atoms. The zero-order chi connectivity index (χ0) is 27.4. The third kappa shape index (κ3) is 5.04. The molecule has 2 amide bonds. The summed E-state index contributed by atoms with van der Waals surface area (Å²) in [5, 5.41) is 10.4. The maximum absolute atomic E-state index is 14.4. The first-order chi connectivity index (χ1) is 18.3. The van der Waals surface area contributed by atoms with E-state index in [1.165, 1.54) is 0 Å². The summed E-state index contributed by atoms with van der Waals surface area (Å²) >= 11 is 0. The average Bonchev–Trinajstić information content (AvgIpc) is 3.54. The van der Waals surface area contributed by atoms with E-state index in [0.29, 0.717) is 32.2 Å². The largest absolute Gasteiger partial charge is 0.465 e. The standard InChI is InChI=1S/C30H40N2O6/c1-5-7-16-37-29(36)24-23-13-14-30(38-23)25(24)27(34)32(22(19-33)17-20(3)4)26(30)28(35)31(15-6-2)18-21-11-9-8-10-12-21/h5-6,8-12,20,22-26,33H,1-2,7,13-19H2,3-4H3/t22-,23-,24+,25+,26?,30?/m1/s1. The van der Waals surface area contributed by atoms with Gasteiger partial charge in [0.2, 0.25) is 11.8 Å². The number of amides is 2. The molecule has 1 N–H and O–H groups in total. The summed E-state index contributed by atoms with van der Waals surface area (Å²) in [7, 11) is 0. The van der Waals surface area contributed by atoms with Gasteiger partial charge in [-0.25, -0.2) is 0 Å². The molecule has 8 heteroatoms. The van der Waals surface area contributed by atoms with Gasteiger partial charge in [0.25, 0.3) is 0 Å². The van der Waals surface area contributed by atoms with Crippen molar-refractivity contribution < 1.29 is 29.0 Å². The van der Waals surface area contributed by atoms with Crippen molar-refractivity contribution in [3.8, 4) is 0 Å². The molecule has 0 aromatic heterocycles. The van der Waals surface area contributed by atoms with Gasteiger partial charge in [-0.15, -0.1) is 13.2 Å². The fourth-order valence-electron chi connectivity index (χ4n) is 6.56. The van der Waals surface area contributed by atoms with Crippen molar-refractivity contribution in [1.82, 2.24) is 9.80 Å². The highest BCUT2D eigenvalue weighted by Crippen LogP contribution is 2.59. The number of ether oxygens (including phenoxy) is 2. The molecule has 3 aliphatic rings. The van der Waals surface area contributed by atoms with Crippen LogP contribution in [-0.4, -0.2) is 76.2 Å². The number of aliphatic hydroxyl groups excluding tert-OH is 1. The summed E-state index contributed by atoms with van der Waals surface area (Å²) in [5.41, 5.74) is -0.185. The van der Waals surface area contributed by atoms with Crippen molar-refractivity contribution in [2.24, 2.45) is 17.8 Å². The number of hydrogen-bond acceptors (Lipinski definition) is 6. The fraction of sp³-hybridized carbons (Fsp3) is 0.567. The number of fused-ring (bicyclic) bond motifs is 1. The van der Waals surface area contributed by atoms with Crippen molar-refractivity contribution in [3.05, 3.63) is 61.2 Å². The molecule has 206 valence electrons. The van der Waals surface area contributed by atoms with Crippen LogP contribution >= 0.6 is 0 Å². The lowest BCUT2D eigenvalue weighted by molar-refractivity contribution is -0.156. The van der Waals surface area contributed by atoms with E-state index in [0.717, 1.165) is 5.56 Å². The number of aliphatic hydroxyl groups is 1. The number of benzene rings is 1. The molecule has 4 rings (SSSR count). The molecule has 1 aromatic carbocycles. The van der Waals surface area contributed by atoms with Gasteiger partial charge in [0.15, 0.2) is 0 Å². The second-order valence-electron chi connectivity index (χ2n) is 11.0. The van der Waals surface area contributed by atoms with Gasteiger partial charge in [0.1, 0.15) is 11.6 Å². The van der Waals surface area contributed by atoms with Crippen LogP contribution in [0.4, 0.5) is 0 Å². The highest BCUT2D eigenvalue weighted by atomic mass is 16.6. The van der Waals surface area contributed by atoms with E-state index >= 15 is 0 Å². The molecule has 3 aliphatic heterocycles. The molecule has 2 unspecified atom stereocenters. The van der Waals surface area contributed by atoms with Crippen LogP contribution in [0.2, 0.25) is 0 Å². The summed E-state index contributed by atoms with van der Waals surface area (Å²) < 4.78 is 12.0. The highest BCUT2D eigenvalue weighted by molar-refractivity contribution is 5.98. The minimum absolute atomic E-state index is 0.180. The van der Waals surface area contributed by atoms with Crippen molar-refractivity contribution in [3.63, 3.8) is 0 Å². The number of esters is 1. The van der Waals surface area contributed by atoms with E-state index in [9.17, 15) is 19.5 Å². The maximum atomic E-state index is 14.4. The van der Waals surface area contributed by atoms with Crippen LogP contribution in [0.25, 0.3) is 0 Å². The average molecular weight is 525 g/mol. The van der Waals surface area contributed by atoms with E-state index < -0.39 is 41.6 Å². The van der Waals surface area contributed by atoms with Crippen LogP contribution in [-0.2, 0) is 30.4 Å². The molecule has 3 fully saturated rings. The predicted molar refractivity (Wildman–Crippen MR) is 143 cm³/mol. The van der Waals surface area contributed by atoms with E-state index in [1.807, 2.05) is 44.2 Å². The molecule has 0 aliphatic carbocycles. The Labute approximate surface area is 225 Å². The number of likely N-dealkylation sites (tertiary alicyclic amines) is 1. The second-order valence-corrected chi connectivity index (χ2v) is 11.0. The molecule has 2 bridgehead atoms. The zero-order valence-corrected chi connectivity index (χ0v) is 22.5. The number of carbonyl (C=O) groups is 3. The lowest BCUT2D eigenvalue weighted by Crippen LogP contribution is -2.58. The molecule has 6 atom stereocenters. The molecular formula is C30H40N2O6. The SMILES string of the molecule is C=CCCOC(=O)[C@@H]1[C@H]2C(=O)N([C@@H](CO)CC(C)C)C(C(=O)N(CC=C)Cc3ccccc3)C23CC[C@H]1O3. The van der Waals surface area contributed by atoms with Crippen LogP contribution in [0, 0.1) is 17.8 Å². The second kappa shape index (κ2) is 11.8. The first kappa shape index (κ1) is 28.0. The number of hydrogen-bond donors (Lipinski definition) is 1. The Morgan fingerprint density at radius 1 is 1.26 bits per heavy atom. The van der Waals surface area contributed by atoms with Crippen LogP contribution in [0.1, 0.15) is 45.1 Å².